The van der Waals surface area contributed by atoms with Crippen LogP contribution >= 0.6 is 0 Å². The van der Waals surface area contributed by atoms with Crippen LogP contribution in [0.25, 0.3) is 0 Å². The standard InChI is InChI=1S/C15H22BF2NO4S/c1-14(2)15(3,4)23-16(22-14)10-7-8-12(11(9-10)13(17)18)24(20,21)19(5)6/h7-9,13H,1-6H3. The average molecular weight is 361 g/mol. The van der Waals surface area contributed by atoms with Crippen molar-refractivity contribution in [1.82, 2.24) is 4.31 Å². The maximum absolute atomic E-state index is 13.4. The number of hydrogen-bond acceptors (Lipinski definition) is 4. The van der Waals surface area contributed by atoms with E-state index in [0.29, 0.717) is 5.46 Å². The molecule has 1 aliphatic rings. The van der Waals surface area contributed by atoms with Crippen molar-refractivity contribution in [2.24, 2.45) is 0 Å². The molecule has 134 valence electrons. The number of alkyl halides is 2. The van der Waals surface area contributed by atoms with Gasteiger partial charge in [-0.3, -0.25) is 0 Å². The molecule has 1 saturated heterocycles. The van der Waals surface area contributed by atoms with E-state index in [1.54, 1.807) is 0 Å². The van der Waals surface area contributed by atoms with E-state index < -0.39 is 45.2 Å². The Morgan fingerprint density at radius 3 is 2.00 bits per heavy atom. The summed E-state index contributed by atoms with van der Waals surface area (Å²) in [5.41, 5.74) is -1.42. The molecule has 1 fully saturated rings. The summed E-state index contributed by atoms with van der Waals surface area (Å²) in [5, 5.41) is 0. The van der Waals surface area contributed by atoms with Crippen LogP contribution in [0.3, 0.4) is 0 Å². The predicted molar refractivity (Wildman–Crippen MR) is 88.0 cm³/mol. The number of nitrogens with zero attached hydrogens (tertiary/aromatic N) is 1. The predicted octanol–water partition coefficient (Wildman–Crippen LogP) is 2.17. The number of sulfonamides is 1. The highest BCUT2D eigenvalue weighted by Gasteiger charge is 2.51. The van der Waals surface area contributed by atoms with Gasteiger partial charge in [-0.25, -0.2) is 21.5 Å². The van der Waals surface area contributed by atoms with E-state index in [0.717, 1.165) is 10.4 Å². The molecule has 1 aromatic rings. The lowest BCUT2D eigenvalue weighted by Crippen LogP contribution is -2.41. The molecule has 0 spiro atoms. The van der Waals surface area contributed by atoms with Gasteiger partial charge in [0.2, 0.25) is 10.0 Å². The van der Waals surface area contributed by atoms with Crippen molar-refractivity contribution in [1.29, 1.82) is 0 Å². The largest absolute Gasteiger partial charge is 0.494 e. The Hall–Kier alpha value is -1.03. The van der Waals surface area contributed by atoms with Crippen molar-refractivity contribution in [3.8, 4) is 0 Å². The average Bonchev–Trinajstić information content (AvgIpc) is 2.66. The Labute approximate surface area is 142 Å². The topological polar surface area (TPSA) is 55.8 Å². The Morgan fingerprint density at radius 1 is 1.08 bits per heavy atom. The van der Waals surface area contributed by atoms with Gasteiger partial charge in [-0.1, -0.05) is 12.1 Å². The lowest BCUT2D eigenvalue weighted by atomic mass is 9.78. The SMILES string of the molecule is CN(C)S(=O)(=O)c1ccc(B2OC(C)(C)C(C)(C)O2)cc1C(F)F. The number of benzene rings is 1. The van der Waals surface area contributed by atoms with Crippen molar-refractivity contribution in [3.63, 3.8) is 0 Å². The molecule has 0 aromatic heterocycles. The van der Waals surface area contributed by atoms with Crippen LogP contribution in [0, 0.1) is 0 Å². The number of halogens is 2. The van der Waals surface area contributed by atoms with Gasteiger partial charge in [0.1, 0.15) is 0 Å². The molecule has 0 unspecified atom stereocenters. The lowest BCUT2D eigenvalue weighted by Gasteiger charge is -2.32. The summed E-state index contributed by atoms with van der Waals surface area (Å²) in [6.07, 6.45) is -2.93. The van der Waals surface area contributed by atoms with Crippen LogP contribution in [0.15, 0.2) is 23.1 Å². The van der Waals surface area contributed by atoms with Crippen LogP contribution in [-0.2, 0) is 19.3 Å². The minimum atomic E-state index is -3.97. The monoisotopic (exact) mass is 361 g/mol. The highest BCUT2D eigenvalue weighted by Crippen LogP contribution is 2.37. The van der Waals surface area contributed by atoms with Crippen molar-refractivity contribution >= 4 is 22.6 Å². The first-order chi connectivity index (χ1) is 10.8. The Kier molecular flexibility index (Phi) is 4.87. The van der Waals surface area contributed by atoms with Crippen molar-refractivity contribution in [3.05, 3.63) is 23.8 Å². The quantitative estimate of drug-likeness (QED) is 0.772. The molecule has 1 aromatic carbocycles. The lowest BCUT2D eigenvalue weighted by molar-refractivity contribution is 0.00578. The van der Waals surface area contributed by atoms with E-state index in [1.807, 2.05) is 27.7 Å². The fourth-order valence-electron chi connectivity index (χ4n) is 2.29. The molecule has 0 amide bonds. The van der Waals surface area contributed by atoms with Gasteiger partial charge in [-0.05, 0) is 39.2 Å². The molecule has 2 rings (SSSR count). The van der Waals surface area contributed by atoms with Crippen molar-refractivity contribution < 1.29 is 26.5 Å². The molecule has 0 atom stereocenters. The summed E-state index contributed by atoms with van der Waals surface area (Å²) in [7, 11) is -2.20. The molecule has 0 aliphatic carbocycles. The van der Waals surface area contributed by atoms with Crippen LogP contribution in [0.1, 0.15) is 39.7 Å². The highest BCUT2D eigenvalue weighted by molar-refractivity contribution is 7.89. The molecule has 0 radical (unpaired) electrons. The molecule has 1 aliphatic heterocycles. The van der Waals surface area contributed by atoms with Gasteiger partial charge in [0.15, 0.2) is 0 Å². The van der Waals surface area contributed by atoms with Gasteiger partial charge in [-0.15, -0.1) is 0 Å². The van der Waals surface area contributed by atoms with Gasteiger partial charge >= 0.3 is 7.12 Å². The van der Waals surface area contributed by atoms with Crippen molar-refractivity contribution in [2.45, 2.75) is 50.2 Å². The van der Waals surface area contributed by atoms with Crippen LogP contribution < -0.4 is 5.46 Å². The zero-order valence-corrected chi connectivity index (χ0v) is 15.4. The fourth-order valence-corrected chi connectivity index (χ4v) is 3.37. The first-order valence-corrected chi connectivity index (χ1v) is 8.94. The molecule has 9 heteroatoms. The van der Waals surface area contributed by atoms with E-state index in [2.05, 4.69) is 0 Å². The smallest absolute Gasteiger partial charge is 0.399 e. The molecule has 0 bridgehead atoms. The summed E-state index contributed by atoms with van der Waals surface area (Å²) < 4.78 is 63.9. The second-order valence-corrected chi connectivity index (χ2v) is 9.09. The molecule has 0 N–H and O–H groups in total. The van der Waals surface area contributed by atoms with Crippen LogP contribution in [0.4, 0.5) is 8.78 Å². The van der Waals surface area contributed by atoms with E-state index in [-0.39, 0.29) is 0 Å². The second-order valence-electron chi connectivity index (χ2n) is 6.97. The summed E-state index contributed by atoms with van der Waals surface area (Å²) in [5.74, 6) is 0. The van der Waals surface area contributed by atoms with Gasteiger partial charge in [-0.2, -0.15) is 0 Å². The summed E-state index contributed by atoms with van der Waals surface area (Å²) in [6.45, 7) is 7.41. The molecule has 0 saturated carbocycles. The van der Waals surface area contributed by atoms with Crippen LogP contribution in [-0.4, -0.2) is 45.1 Å². The van der Waals surface area contributed by atoms with Gasteiger partial charge in [0.25, 0.3) is 6.43 Å². The second kappa shape index (κ2) is 6.05. The zero-order chi connectivity index (χ0) is 18.5. The Morgan fingerprint density at radius 2 is 1.58 bits per heavy atom. The first kappa shape index (κ1) is 19.3. The van der Waals surface area contributed by atoms with E-state index in [4.69, 9.17) is 9.31 Å². The third kappa shape index (κ3) is 3.22. The first-order valence-electron chi connectivity index (χ1n) is 7.50. The van der Waals surface area contributed by atoms with E-state index in [9.17, 15) is 17.2 Å². The van der Waals surface area contributed by atoms with Gasteiger partial charge in [0.05, 0.1) is 16.1 Å². The third-order valence-corrected chi connectivity index (χ3v) is 6.44. The molecule has 24 heavy (non-hydrogen) atoms. The summed E-state index contributed by atoms with van der Waals surface area (Å²) >= 11 is 0. The number of hydrogen-bond donors (Lipinski definition) is 0. The van der Waals surface area contributed by atoms with Crippen LogP contribution in [0.2, 0.25) is 0 Å². The maximum Gasteiger partial charge on any atom is 0.494 e. The minimum Gasteiger partial charge on any atom is -0.399 e. The summed E-state index contributed by atoms with van der Waals surface area (Å²) in [4.78, 5) is -0.414. The Bertz CT molecular complexity index is 719. The van der Waals surface area contributed by atoms with E-state index >= 15 is 0 Å². The third-order valence-electron chi connectivity index (χ3n) is 4.55. The molecular weight excluding hydrogens is 339 g/mol. The van der Waals surface area contributed by atoms with Crippen LogP contribution in [0.5, 0.6) is 0 Å². The fraction of sp³-hybridized carbons (Fsp3) is 0.600. The molecule has 1 heterocycles. The number of rotatable bonds is 4. The van der Waals surface area contributed by atoms with Gasteiger partial charge in [0, 0.05) is 19.7 Å². The maximum atomic E-state index is 13.4. The van der Waals surface area contributed by atoms with Gasteiger partial charge < -0.3 is 9.31 Å². The molecular formula is C15H22BF2NO4S. The Balaban J connectivity index is 2.49. The zero-order valence-electron chi connectivity index (χ0n) is 14.6. The summed E-state index contributed by atoms with van der Waals surface area (Å²) in [6, 6.07) is 3.77. The van der Waals surface area contributed by atoms with E-state index in [1.165, 1.54) is 26.2 Å². The molecule has 5 nitrogen and oxygen atoms in total. The van der Waals surface area contributed by atoms with Crippen molar-refractivity contribution in [2.75, 3.05) is 14.1 Å². The minimum absolute atomic E-state index is 0.363. The normalized spacial score (nSPS) is 20.2. The highest BCUT2D eigenvalue weighted by atomic mass is 32.2.